The lowest BCUT2D eigenvalue weighted by atomic mass is 9.81. The number of rotatable bonds is 3. The predicted molar refractivity (Wildman–Crippen MR) is 93.0 cm³/mol. The first-order valence-electron chi connectivity index (χ1n) is 8.23. The number of anilines is 1. The zero-order valence-electron chi connectivity index (χ0n) is 14.3. The summed E-state index contributed by atoms with van der Waals surface area (Å²) in [6, 6.07) is 7.44. The number of halogens is 2. The van der Waals surface area contributed by atoms with E-state index >= 15 is 0 Å². The average molecular weight is 394 g/mol. The van der Waals surface area contributed by atoms with Crippen molar-refractivity contribution in [3.63, 3.8) is 0 Å². The summed E-state index contributed by atoms with van der Waals surface area (Å²) in [5.41, 5.74) is 0.199. The van der Waals surface area contributed by atoms with Crippen molar-refractivity contribution in [2.45, 2.75) is 16.7 Å². The van der Waals surface area contributed by atoms with Crippen LogP contribution in [-0.4, -0.2) is 38.8 Å². The van der Waals surface area contributed by atoms with Crippen LogP contribution in [0.2, 0.25) is 0 Å². The van der Waals surface area contributed by atoms with Gasteiger partial charge in [-0.3, -0.25) is 4.79 Å². The molecule has 2 aliphatic heterocycles. The maximum Gasteiger partial charge on any atom is 0.246 e. The van der Waals surface area contributed by atoms with Gasteiger partial charge in [-0.2, -0.15) is 4.31 Å². The molecule has 27 heavy (non-hydrogen) atoms. The van der Waals surface area contributed by atoms with Crippen molar-refractivity contribution in [3.05, 3.63) is 53.6 Å². The highest BCUT2D eigenvalue weighted by Gasteiger charge is 2.53. The molecule has 4 rings (SSSR count). The molecule has 1 spiro atoms. The number of carbonyl (C=O) groups excluding carboxylic acids is 1. The fourth-order valence-electron chi connectivity index (χ4n) is 3.73. The van der Waals surface area contributed by atoms with Crippen molar-refractivity contribution in [2.24, 2.45) is 0 Å². The number of nitrogens with one attached hydrogen (secondary N) is 1. The van der Waals surface area contributed by atoms with E-state index in [-0.39, 0.29) is 25.4 Å². The lowest BCUT2D eigenvalue weighted by Gasteiger charge is -2.23. The minimum absolute atomic E-state index is 0.0449. The van der Waals surface area contributed by atoms with Crippen molar-refractivity contribution in [3.8, 4) is 5.75 Å². The van der Waals surface area contributed by atoms with E-state index in [1.807, 2.05) is 0 Å². The minimum atomic E-state index is -4.21. The molecular weight excluding hydrogens is 378 g/mol. The van der Waals surface area contributed by atoms with Gasteiger partial charge in [0.05, 0.1) is 12.5 Å². The van der Waals surface area contributed by atoms with Crippen molar-refractivity contribution in [2.75, 3.05) is 25.5 Å². The molecule has 6 nitrogen and oxygen atoms in total. The van der Waals surface area contributed by atoms with E-state index in [1.54, 1.807) is 18.2 Å². The first-order valence-corrected chi connectivity index (χ1v) is 9.67. The van der Waals surface area contributed by atoms with E-state index in [4.69, 9.17) is 4.74 Å². The van der Waals surface area contributed by atoms with Crippen LogP contribution in [0.25, 0.3) is 0 Å². The van der Waals surface area contributed by atoms with Gasteiger partial charge in [0.15, 0.2) is 0 Å². The lowest BCUT2D eigenvalue weighted by Crippen LogP contribution is -2.39. The molecule has 1 N–H and O–H groups in total. The van der Waals surface area contributed by atoms with Crippen molar-refractivity contribution < 1.29 is 26.7 Å². The maximum absolute atomic E-state index is 14.0. The molecule has 2 heterocycles. The zero-order valence-corrected chi connectivity index (χ0v) is 15.1. The molecule has 1 atom stereocenters. The van der Waals surface area contributed by atoms with Crippen LogP contribution in [0.15, 0.2) is 41.3 Å². The Morgan fingerprint density at radius 2 is 1.96 bits per heavy atom. The van der Waals surface area contributed by atoms with Crippen LogP contribution in [0.5, 0.6) is 5.75 Å². The normalized spacial score (nSPS) is 22.1. The monoisotopic (exact) mass is 394 g/mol. The second kappa shape index (κ2) is 6.00. The summed E-state index contributed by atoms with van der Waals surface area (Å²) >= 11 is 0. The van der Waals surface area contributed by atoms with Crippen LogP contribution in [0.4, 0.5) is 14.5 Å². The molecule has 2 aromatic rings. The fraction of sp³-hybridized carbons (Fsp3) is 0.278. The molecule has 2 aliphatic rings. The molecule has 0 radical (unpaired) electrons. The van der Waals surface area contributed by atoms with E-state index in [0.29, 0.717) is 23.1 Å². The Morgan fingerprint density at radius 3 is 2.67 bits per heavy atom. The second-order valence-electron chi connectivity index (χ2n) is 6.61. The molecule has 9 heteroatoms. The van der Waals surface area contributed by atoms with E-state index < -0.39 is 32.0 Å². The van der Waals surface area contributed by atoms with Crippen molar-refractivity contribution in [1.29, 1.82) is 0 Å². The second-order valence-corrected chi connectivity index (χ2v) is 8.52. The van der Waals surface area contributed by atoms with E-state index in [0.717, 1.165) is 16.4 Å². The highest BCUT2D eigenvalue weighted by molar-refractivity contribution is 7.89. The molecule has 1 amide bonds. The number of methoxy groups -OCH3 is 1. The first kappa shape index (κ1) is 17.9. The predicted octanol–water partition coefficient (Wildman–Crippen LogP) is 2.26. The zero-order chi connectivity index (χ0) is 19.4. The fourth-order valence-corrected chi connectivity index (χ4v) is 5.27. The molecular formula is C18H16F2N2O4S. The molecule has 0 aromatic heterocycles. The molecule has 2 aromatic carbocycles. The largest absolute Gasteiger partial charge is 0.497 e. The van der Waals surface area contributed by atoms with Gasteiger partial charge < -0.3 is 10.1 Å². The van der Waals surface area contributed by atoms with Crippen molar-refractivity contribution >= 4 is 21.6 Å². The standard InChI is InChI=1S/C18H16F2N2O4S/c1-26-12-3-4-15-13(9-12)18(17(23)21-15)6-7-22(10-18)27(24,25)16-5-2-11(19)8-14(16)20/h2-5,8-9H,6-7,10H2,1H3,(H,21,23)/t18-/m0/s1. The first-order chi connectivity index (χ1) is 12.8. The van der Waals surface area contributed by atoms with Crippen molar-refractivity contribution in [1.82, 2.24) is 4.31 Å². The number of ether oxygens (including phenoxy) is 1. The van der Waals surface area contributed by atoms with Crippen LogP contribution >= 0.6 is 0 Å². The van der Waals surface area contributed by atoms with Gasteiger partial charge >= 0.3 is 0 Å². The van der Waals surface area contributed by atoms with E-state index in [9.17, 15) is 22.0 Å². The Kier molecular flexibility index (Phi) is 3.97. The Morgan fingerprint density at radius 1 is 1.19 bits per heavy atom. The van der Waals surface area contributed by atoms with Crippen LogP contribution in [0.1, 0.15) is 12.0 Å². The van der Waals surface area contributed by atoms with E-state index in [2.05, 4.69) is 5.32 Å². The Labute approximate surface area is 154 Å². The highest BCUT2D eigenvalue weighted by atomic mass is 32.2. The smallest absolute Gasteiger partial charge is 0.246 e. The Balaban J connectivity index is 1.73. The number of sulfonamides is 1. The highest BCUT2D eigenvalue weighted by Crippen LogP contribution is 2.46. The summed E-state index contributed by atoms with van der Waals surface area (Å²) in [5.74, 6) is -1.77. The van der Waals surface area contributed by atoms with Gasteiger partial charge in [-0.1, -0.05) is 0 Å². The lowest BCUT2D eigenvalue weighted by molar-refractivity contribution is -0.120. The summed E-state index contributed by atoms with van der Waals surface area (Å²) in [5, 5.41) is 2.77. The summed E-state index contributed by atoms with van der Waals surface area (Å²) in [7, 11) is -2.71. The number of benzene rings is 2. The quantitative estimate of drug-likeness (QED) is 0.867. The number of hydrogen-bond acceptors (Lipinski definition) is 4. The number of amides is 1. The molecule has 1 saturated heterocycles. The molecule has 0 bridgehead atoms. The summed E-state index contributed by atoms with van der Waals surface area (Å²) < 4.78 is 59.2. The third-order valence-electron chi connectivity index (χ3n) is 5.17. The van der Waals surface area contributed by atoms with Gasteiger partial charge in [0, 0.05) is 24.8 Å². The van der Waals surface area contributed by atoms with Crippen LogP contribution in [-0.2, 0) is 20.2 Å². The SMILES string of the molecule is COc1ccc2c(c1)[C@@]1(CCN(S(=O)(=O)c3ccc(F)cc3F)C1)C(=O)N2. The molecule has 1 fully saturated rings. The summed E-state index contributed by atoms with van der Waals surface area (Å²) in [6.07, 6.45) is 0.251. The van der Waals surface area contributed by atoms with Gasteiger partial charge in [0.25, 0.3) is 0 Å². The number of hydrogen-bond donors (Lipinski definition) is 1. The molecule has 0 unspecified atom stereocenters. The molecule has 0 aliphatic carbocycles. The van der Waals surface area contributed by atoms with E-state index in [1.165, 1.54) is 7.11 Å². The third kappa shape index (κ3) is 2.61. The van der Waals surface area contributed by atoms with Crippen LogP contribution < -0.4 is 10.1 Å². The third-order valence-corrected chi connectivity index (χ3v) is 7.05. The number of fused-ring (bicyclic) bond motifs is 2. The van der Waals surface area contributed by atoms with Gasteiger partial charge in [0.2, 0.25) is 15.9 Å². The topological polar surface area (TPSA) is 75.7 Å². The van der Waals surface area contributed by atoms with Gasteiger partial charge in [0.1, 0.15) is 22.3 Å². The van der Waals surface area contributed by atoms with Gasteiger partial charge in [-0.05, 0) is 42.3 Å². The van der Waals surface area contributed by atoms with Gasteiger partial charge in [-0.25, -0.2) is 17.2 Å². The molecule has 0 saturated carbocycles. The molecule has 142 valence electrons. The Hall–Kier alpha value is -2.52. The summed E-state index contributed by atoms with van der Waals surface area (Å²) in [4.78, 5) is 12.1. The average Bonchev–Trinajstić information content (AvgIpc) is 3.19. The minimum Gasteiger partial charge on any atom is -0.497 e. The summed E-state index contributed by atoms with van der Waals surface area (Å²) in [6.45, 7) is -0.0820. The Bertz CT molecular complexity index is 1060. The number of nitrogens with zero attached hydrogens (tertiary/aromatic N) is 1. The van der Waals surface area contributed by atoms with Crippen LogP contribution in [0, 0.1) is 11.6 Å². The van der Waals surface area contributed by atoms with Crippen LogP contribution in [0.3, 0.4) is 0 Å². The number of carbonyl (C=O) groups is 1. The van der Waals surface area contributed by atoms with Gasteiger partial charge in [-0.15, -0.1) is 0 Å². The maximum atomic E-state index is 14.0.